The second kappa shape index (κ2) is 5.46. The number of hydrogen-bond acceptors (Lipinski definition) is 4. The molecule has 3 nitrogen and oxygen atoms in total. The molecule has 1 aromatic rings. The van der Waals surface area contributed by atoms with Crippen molar-refractivity contribution in [2.45, 2.75) is 58.5 Å². The summed E-state index contributed by atoms with van der Waals surface area (Å²) in [5.74, 6) is 0. The van der Waals surface area contributed by atoms with Crippen LogP contribution in [0.4, 0.5) is 0 Å². The molecule has 0 aliphatic carbocycles. The third kappa shape index (κ3) is 4.74. The average molecular weight is 256 g/mol. The molecule has 0 aliphatic heterocycles. The minimum absolute atomic E-state index is 0.0271. The molecule has 0 bridgehead atoms. The molecule has 2 N–H and O–H groups in total. The fraction of sp³-hybridized carbons (Fsp3) is 0.769. The molecule has 0 aromatic carbocycles. The fourth-order valence-corrected chi connectivity index (χ4v) is 2.34. The lowest BCUT2D eigenvalue weighted by Crippen LogP contribution is -2.39. The SMILES string of the molecule is CC(C)(CCO)NCc1cnc(C(C)(C)C)s1. The highest BCUT2D eigenvalue weighted by molar-refractivity contribution is 7.11. The van der Waals surface area contributed by atoms with Crippen molar-refractivity contribution in [3.8, 4) is 0 Å². The predicted molar refractivity (Wildman–Crippen MR) is 73.4 cm³/mol. The second-order valence-corrected chi connectivity index (χ2v) is 7.21. The van der Waals surface area contributed by atoms with Crippen molar-refractivity contribution < 1.29 is 5.11 Å². The summed E-state index contributed by atoms with van der Waals surface area (Å²) in [5.41, 5.74) is 0.101. The first-order valence-electron chi connectivity index (χ1n) is 6.06. The van der Waals surface area contributed by atoms with Gasteiger partial charge in [-0.2, -0.15) is 0 Å². The van der Waals surface area contributed by atoms with Gasteiger partial charge in [0.15, 0.2) is 0 Å². The largest absolute Gasteiger partial charge is 0.396 e. The van der Waals surface area contributed by atoms with Crippen molar-refractivity contribution in [1.82, 2.24) is 10.3 Å². The van der Waals surface area contributed by atoms with Crippen LogP contribution in [0, 0.1) is 0 Å². The van der Waals surface area contributed by atoms with Gasteiger partial charge in [-0.25, -0.2) is 4.98 Å². The quantitative estimate of drug-likeness (QED) is 0.851. The standard InChI is InChI=1S/C13H24N2OS/c1-12(2,3)11-14-8-10(17-11)9-15-13(4,5)6-7-16/h8,15-16H,6-7,9H2,1-5H3. The Labute approximate surface area is 108 Å². The van der Waals surface area contributed by atoms with Gasteiger partial charge in [0.25, 0.3) is 0 Å². The van der Waals surface area contributed by atoms with E-state index in [4.69, 9.17) is 5.11 Å². The van der Waals surface area contributed by atoms with E-state index in [1.807, 2.05) is 6.20 Å². The van der Waals surface area contributed by atoms with Gasteiger partial charge in [0.1, 0.15) is 0 Å². The van der Waals surface area contributed by atoms with E-state index in [2.05, 4.69) is 44.9 Å². The van der Waals surface area contributed by atoms with Crippen LogP contribution >= 0.6 is 11.3 Å². The van der Waals surface area contributed by atoms with Gasteiger partial charge >= 0.3 is 0 Å². The maximum atomic E-state index is 8.96. The van der Waals surface area contributed by atoms with Crippen LogP contribution in [0.3, 0.4) is 0 Å². The van der Waals surface area contributed by atoms with Crippen LogP contribution in [0.15, 0.2) is 6.20 Å². The Morgan fingerprint density at radius 3 is 2.41 bits per heavy atom. The molecule has 0 amide bonds. The molecule has 0 saturated carbocycles. The third-order valence-corrected chi connectivity index (χ3v) is 4.10. The number of thiazole rings is 1. The Balaban J connectivity index is 2.56. The van der Waals surface area contributed by atoms with Gasteiger partial charge in [0.2, 0.25) is 0 Å². The molecule has 4 heteroatoms. The highest BCUT2D eigenvalue weighted by Gasteiger charge is 2.20. The van der Waals surface area contributed by atoms with Crippen LogP contribution in [0.2, 0.25) is 0 Å². The van der Waals surface area contributed by atoms with Crippen LogP contribution in [0.25, 0.3) is 0 Å². The molecular weight excluding hydrogens is 232 g/mol. The van der Waals surface area contributed by atoms with Gasteiger partial charge in [-0.05, 0) is 20.3 Å². The van der Waals surface area contributed by atoms with Crippen LogP contribution < -0.4 is 5.32 Å². The summed E-state index contributed by atoms with van der Waals surface area (Å²) in [6, 6.07) is 0. The van der Waals surface area contributed by atoms with Gasteiger partial charge in [-0.1, -0.05) is 20.8 Å². The number of nitrogens with zero attached hydrogens (tertiary/aromatic N) is 1. The van der Waals surface area contributed by atoms with Crippen molar-refractivity contribution in [3.05, 3.63) is 16.1 Å². The monoisotopic (exact) mass is 256 g/mol. The minimum Gasteiger partial charge on any atom is -0.396 e. The zero-order chi connectivity index (χ0) is 13.1. The summed E-state index contributed by atoms with van der Waals surface area (Å²) in [5, 5.41) is 13.6. The van der Waals surface area contributed by atoms with Crippen LogP contribution in [0.1, 0.15) is 50.9 Å². The molecule has 0 spiro atoms. The summed E-state index contributed by atoms with van der Waals surface area (Å²) in [4.78, 5) is 5.71. The molecule has 0 radical (unpaired) electrons. The topological polar surface area (TPSA) is 45.1 Å². The molecule has 0 fully saturated rings. The van der Waals surface area contributed by atoms with Gasteiger partial charge in [0, 0.05) is 35.2 Å². The lowest BCUT2D eigenvalue weighted by molar-refractivity contribution is 0.230. The highest BCUT2D eigenvalue weighted by Crippen LogP contribution is 2.27. The van der Waals surface area contributed by atoms with Crippen LogP contribution in [-0.4, -0.2) is 22.2 Å². The van der Waals surface area contributed by atoms with Crippen LogP contribution in [0.5, 0.6) is 0 Å². The Morgan fingerprint density at radius 2 is 1.94 bits per heavy atom. The Bertz CT molecular complexity index is 353. The molecule has 0 unspecified atom stereocenters. The normalized spacial score (nSPS) is 13.1. The minimum atomic E-state index is -0.0271. The van der Waals surface area contributed by atoms with Crippen molar-refractivity contribution in [1.29, 1.82) is 0 Å². The summed E-state index contributed by atoms with van der Waals surface area (Å²) >= 11 is 1.76. The van der Waals surface area contributed by atoms with Crippen molar-refractivity contribution in [3.63, 3.8) is 0 Å². The van der Waals surface area contributed by atoms with Gasteiger partial charge in [0.05, 0.1) is 5.01 Å². The third-order valence-electron chi connectivity index (χ3n) is 2.67. The van der Waals surface area contributed by atoms with Crippen molar-refractivity contribution in [2.24, 2.45) is 0 Å². The average Bonchev–Trinajstić information content (AvgIpc) is 2.62. The van der Waals surface area contributed by atoms with E-state index >= 15 is 0 Å². The number of aliphatic hydroxyl groups is 1. The molecule has 0 aliphatic rings. The highest BCUT2D eigenvalue weighted by atomic mass is 32.1. The maximum Gasteiger partial charge on any atom is 0.0981 e. The number of aromatic nitrogens is 1. The lowest BCUT2D eigenvalue weighted by Gasteiger charge is -2.25. The molecule has 0 saturated heterocycles. The van der Waals surface area contributed by atoms with E-state index in [0.29, 0.717) is 0 Å². The zero-order valence-electron chi connectivity index (χ0n) is 11.5. The molecular formula is C13H24N2OS. The first kappa shape index (κ1) is 14.6. The van der Waals surface area contributed by atoms with E-state index in [9.17, 15) is 0 Å². The maximum absolute atomic E-state index is 8.96. The Morgan fingerprint density at radius 1 is 1.29 bits per heavy atom. The van der Waals surface area contributed by atoms with Gasteiger partial charge in [-0.3, -0.25) is 0 Å². The Kier molecular flexibility index (Phi) is 4.69. The molecule has 1 rings (SSSR count). The number of nitrogens with one attached hydrogen (secondary N) is 1. The van der Waals surface area contributed by atoms with Gasteiger partial charge in [-0.15, -0.1) is 11.3 Å². The van der Waals surface area contributed by atoms with Crippen molar-refractivity contribution >= 4 is 11.3 Å². The fourth-order valence-electron chi connectivity index (χ4n) is 1.43. The van der Waals surface area contributed by atoms with Crippen LogP contribution in [-0.2, 0) is 12.0 Å². The summed E-state index contributed by atoms with van der Waals surface area (Å²) in [7, 11) is 0. The molecule has 1 heterocycles. The predicted octanol–water partition coefficient (Wildman–Crippen LogP) is 2.69. The molecule has 17 heavy (non-hydrogen) atoms. The number of hydrogen-bond donors (Lipinski definition) is 2. The molecule has 1 aromatic heterocycles. The first-order chi connectivity index (χ1) is 7.74. The van der Waals surface area contributed by atoms with Gasteiger partial charge < -0.3 is 10.4 Å². The summed E-state index contributed by atoms with van der Waals surface area (Å²) in [6.45, 7) is 11.8. The lowest BCUT2D eigenvalue weighted by atomic mass is 9.98. The number of aliphatic hydroxyl groups excluding tert-OH is 1. The smallest absolute Gasteiger partial charge is 0.0981 e. The number of rotatable bonds is 5. The second-order valence-electron chi connectivity index (χ2n) is 6.09. The van der Waals surface area contributed by atoms with E-state index in [1.54, 1.807) is 11.3 Å². The summed E-state index contributed by atoms with van der Waals surface area (Å²) < 4.78 is 0. The zero-order valence-corrected chi connectivity index (χ0v) is 12.3. The Hall–Kier alpha value is -0.450. The van der Waals surface area contributed by atoms with E-state index in [-0.39, 0.29) is 17.6 Å². The van der Waals surface area contributed by atoms with E-state index in [1.165, 1.54) is 9.88 Å². The van der Waals surface area contributed by atoms with E-state index in [0.717, 1.165) is 13.0 Å². The summed E-state index contributed by atoms with van der Waals surface area (Å²) in [6.07, 6.45) is 2.71. The van der Waals surface area contributed by atoms with E-state index < -0.39 is 0 Å². The van der Waals surface area contributed by atoms with Crippen molar-refractivity contribution in [2.75, 3.05) is 6.61 Å². The molecule has 0 atom stereocenters. The molecule has 98 valence electrons. The first-order valence-corrected chi connectivity index (χ1v) is 6.87.